The molecule has 1 aliphatic rings. The fourth-order valence-corrected chi connectivity index (χ4v) is 1.99. The van der Waals surface area contributed by atoms with Crippen molar-refractivity contribution in [3.63, 3.8) is 0 Å². The lowest BCUT2D eigenvalue weighted by Crippen LogP contribution is -2.38. The summed E-state index contributed by atoms with van der Waals surface area (Å²) in [5.74, 6) is 0.850. The number of morpholine rings is 1. The largest absolute Gasteiger partial charge is 0.492 e. The van der Waals surface area contributed by atoms with Gasteiger partial charge in [-0.3, -0.25) is 10.3 Å². The summed E-state index contributed by atoms with van der Waals surface area (Å²) in [6, 6.07) is 7.69. The molecule has 21 heavy (non-hydrogen) atoms. The van der Waals surface area contributed by atoms with Crippen LogP contribution in [0.3, 0.4) is 0 Å². The second-order valence-electron chi connectivity index (χ2n) is 4.61. The fraction of sp³-hybridized carbons (Fsp3) is 0.429. The van der Waals surface area contributed by atoms with Crippen molar-refractivity contribution in [2.45, 2.75) is 0 Å². The molecule has 1 aliphatic heterocycles. The molecule has 1 aromatic carbocycles. The molecule has 2 rings (SSSR count). The highest BCUT2D eigenvalue weighted by atomic mass is 32.1. The Balaban J connectivity index is 1.71. The van der Waals surface area contributed by atoms with E-state index in [-0.39, 0.29) is 5.11 Å². The van der Waals surface area contributed by atoms with Crippen LogP contribution in [0.4, 0.5) is 0 Å². The topological polar surface area (TPSA) is 72.1 Å². The van der Waals surface area contributed by atoms with Crippen molar-refractivity contribution in [3.8, 4) is 5.75 Å². The quantitative estimate of drug-likeness (QED) is 0.455. The van der Waals surface area contributed by atoms with Crippen LogP contribution >= 0.6 is 12.2 Å². The average Bonchev–Trinajstić information content (AvgIpc) is 2.50. The van der Waals surface area contributed by atoms with E-state index in [0.29, 0.717) is 6.61 Å². The van der Waals surface area contributed by atoms with Crippen molar-refractivity contribution in [1.82, 2.24) is 10.3 Å². The molecule has 0 aromatic heterocycles. The van der Waals surface area contributed by atoms with Crippen LogP contribution in [0.1, 0.15) is 5.56 Å². The van der Waals surface area contributed by atoms with E-state index < -0.39 is 0 Å². The van der Waals surface area contributed by atoms with Gasteiger partial charge in [0.15, 0.2) is 5.11 Å². The van der Waals surface area contributed by atoms with Crippen molar-refractivity contribution in [1.29, 1.82) is 0 Å². The molecule has 0 saturated carbocycles. The molecular weight excluding hydrogens is 288 g/mol. The van der Waals surface area contributed by atoms with Crippen LogP contribution < -0.4 is 15.9 Å². The standard InChI is InChI=1S/C14H20N4O2S/c15-14(21)17-16-11-12-1-3-13(4-2-12)20-10-7-18-5-8-19-9-6-18/h1-4,11H,5-10H2,(H3,15,17,21). The predicted octanol–water partition coefficient (Wildman–Crippen LogP) is 0.565. The van der Waals surface area contributed by atoms with Gasteiger partial charge in [0.1, 0.15) is 12.4 Å². The maximum Gasteiger partial charge on any atom is 0.184 e. The van der Waals surface area contributed by atoms with Crippen LogP contribution in [0.15, 0.2) is 29.4 Å². The SMILES string of the molecule is NC(=S)NN=Cc1ccc(OCCN2CCOCC2)cc1. The van der Waals surface area contributed by atoms with E-state index in [9.17, 15) is 0 Å². The van der Waals surface area contributed by atoms with E-state index in [1.807, 2.05) is 24.3 Å². The molecule has 1 saturated heterocycles. The van der Waals surface area contributed by atoms with Gasteiger partial charge >= 0.3 is 0 Å². The first-order valence-corrected chi connectivity index (χ1v) is 7.26. The monoisotopic (exact) mass is 308 g/mol. The van der Waals surface area contributed by atoms with E-state index in [1.54, 1.807) is 6.21 Å². The summed E-state index contributed by atoms with van der Waals surface area (Å²) in [6.07, 6.45) is 1.65. The zero-order valence-corrected chi connectivity index (χ0v) is 12.6. The Bertz CT molecular complexity index is 472. The summed E-state index contributed by atoms with van der Waals surface area (Å²) < 4.78 is 11.0. The minimum Gasteiger partial charge on any atom is -0.492 e. The number of nitrogens with zero attached hydrogens (tertiary/aromatic N) is 2. The van der Waals surface area contributed by atoms with Crippen molar-refractivity contribution in [3.05, 3.63) is 29.8 Å². The van der Waals surface area contributed by atoms with Gasteiger partial charge in [0.05, 0.1) is 19.4 Å². The molecular formula is C14H20N4O2S. The first-order chi connectivity index (χ1) is 10.2. The van der Waals surface area contributed by atoms with Gasteiger partial charge in [-0.05, 0) is 42.0 Å². The second kappa shape index (κ2) is 8.56. The molecule has 0 aliphatic carbocycles. The van der Waals surface area contributed by atoms with E-state index in [2.05, 4.69) is 27.6 Å². The Morgan fingerprint density at radius 3 is 2.76 bits per heavy atom. The minimum absolute atomic E-state index is 0.148. The van der Waals surface area contributed by atoms with Crippen LogP contribution in [-0.4, -0.2) is 55.7 Å². The highest BCUT2D eigenvalue weighted by molar-refractivity contribution is 7.80. The zero-order chi connectivity index (χ0) is 14.9. The van der Waals surface area contributed by atoms with Crippen molar-refractivity contribution < 1.29 is 9.47 Å². The average molecular weight is 308 g/mol. The number of hydrazone groups is 1. The molecule has 0 atom stereocenters. The molecule has 1 aromatic rings. The number of rotatable bonds is 6. The van der Waals surface area contributed by atoms with Gasteiger partial charge in [0, 0.05) is 19.6 Å². The molecule has 0 radical (unpaired) electrons. The first kappa shape index (κ1) is 15.7. The van der Waals surface area contributed by atoms with Gasteiger partial charge in [-0.1, -0.05) is 0 Å². The molecule has 3 N–H and O–H groups in total. The van der Waals surface area contributed by atoms with Crippen molar-refractivity contribution in [2.24, 2.45) is 10.8 Å². The fourth-order valence-electron chi connectivity index (χ4n) is 1.94. The number of ether oxygens (including phenoxy) is 2. The molecule has 114 valence electrons. The lowest BCUT2D eigenvalue weighted by Gasteiger charge is -2.26. The molecule has 7 heteroatoms. The lowest BCUT2D eigenvalue weighted by atomic mass is 10.2. The third kappa shape index (κ3) is 6.07. The number of nitrogens with two attached hydrogens (primary N) is 1. The van der Waals surface area contributed by atoms with E-state index in [4.69, 9.17) is 15.2 Å². The Kier molecular flexibility index (Phi) is 6.39. The third-order valence-corrected chi connectivity index (χ3v) is 3.14. The molecule has 0 unspecified atom stereocenters. The van der Waals surface area contributed by atoms with Gasteiger partial charge in [-0.2, -0.15) is 5.10 Å². The number of nitrogens with one attached hydrogen (secondary N) is 1. The Morgan fingerprint density at radius 2 is 2.10 bits per heavy atom. The normalized spacial score (nSPS) is 16.0. The van der Waals surface area contributed by atoms with Gasteiger partial charge < -0.3 is 15.2 Å². The summed E-state index contributed by atoms with van der Waals surface area (Å²) in [5, 5.41) is 4.04. The first-order valence-electron chi connectivity index (χ1n) is 6.85. The van der Waals surface area contributed by atoms with E-state index in [1.165, 1.54) is 0 Å². The molecule has 1 heterocycles. The minimum atomic E-state index is 0.148. The van der Waals surface area contributed by atoms with Gasteiger partial charge in [-0.15, -0.1) is 0 Å². The van der Waals surface area contributed by atoms with E-state index >= 15 is 0 Å². The Morgan fingerprint density at radius 1 is 1.38 bits per heavy atom. The highest BCUT2D eigenvalue weighted by Gasteiger charge is 2.09. The molecule has 1 fully saturated rings. The van der Waals surface area contributed by atoms with Crippen LogP contribution in [0.5, 0.6) is 5.75 Å². The summed E-state index contributed by atoms with van der Waals surface area (Å²) in [7, 11) is 0. The van der Waals surface area contributed by atoms with Gasteiger partial charge in [0.25, 0.3) is 0 Å². The zero-order valence-electron chi connectivity index (χ0n) is 11.8. The Labute approximate surface area is 129 Å². The van der Waals surface area contributed by atoms with Gasteiger partial charge in [-0.25, -0.2) is 0 Å². The van der Waals surface area contributed by atoms with Crippen LogP contribution in [0, 0.1) is 0 Å². The maximum absolute atomic E-state index is 5.72. The smallest absolute Gasteiger partial charge is 0.184 e. The summed E-state index contributed by atoms with van der Waals surface area (Å²) >= 11 is 4.65. The summed E-state index contributed by atoms with van der Waals surface area (Å²) in [6.45, 7) is 5.19. The molecule has 6 nitrogen and oxygen atoms in total. The lowest BCUT2D eigenvalue weighted by molar-refractivity contribution is 0.0322. The second-order valence-corrected chi connectivity index (χ2v) is 5.05. The third-order valence-electron chi connectivity index (χ3n) is 3.05. The predicted molar refractivity (Wildman–Crippen MR) is 86.7 cm³/mol. The Hall–Kier alpha value is -1.70. The number of benzene rings is 1. The van der Waals surface area contributed by atoms with Crippen LogP contribution in [0.25, 0.3) is 0 Å². The van der Waals surface area contributed by atoms with E-state index in [0.717, 1.165) is 44.2 Å². The maximum atomic E-state index is 5.72. The number of hydrogen-bond donors (Lipinski definition) is 2. The van der Waals surface area contributed by atoms with Gasteiger partial charge in [0.2, 0.25) is 0 Å². The number of thiocarbonyl (C=S) groups is 1. The van der Waals surface area contributed by atoms with Crippen molar-refractivity contribution in [2.75, 3.05) is 39.5 Å². The van der Waals surface area contributed by atoms with Crippen molar-refractivity contribution >= 4 is 23.5 Å². The highest BCUT2D eigenvalue weighted by Crippen LogP contribution is 2.11. The summed E-state index contributed by atoms with van der Waals surface area (Å²) in [5.41, 5.74) is 8.73. The molecule has 0 amide bonds. The summed E-state index contributed by atoms with van der Waals surface area (Å²) in [4.78, 5) is 2.34. The number of hydrogen-bond acceptors (Lipinski definition) is 5. The molecule has 0 spiro atoms. The van der Waals surface area contributed by atoms with Crippen LogP contribution in [-0.2, 0) is 4.74 Å². The molecule has 0 bridgehead atoms. The van der Waals surface area contributed by atoms with Crippen LogP contribution in [0.2, 0.25) is 0 Å².